The van der Waals surface area contributed by atoms with Gasteiger partial charge < -0.3 is 10.6 Å². The lowest BCUT2D eigenvalue weighted by Crippen LogP contribution is -2.02. The first-order chi connectivity index (χ1) is 3.91. The van der Waals surface area contributed by atoms with E-state index in [1.165, 1.54) is 0 Å². The van der Waals surface area contributed by atoms with Crippen molar-refractivity contribution in [2.45, 2.75) is 19.3 Å². The minimum Gasteiger partial charge on any atom is -0.330 e. The third-order valence-corrected chi connectivity index (χ3v) is 0.966. The van der Waals surface area contributed by atoms with Crippen molar-refractivity contribution in [2.24, 2.45) is 11.6 Å². The minimum absolute atomic E-state index is 0.653. The van der Waals surface area contributed by atoms with Crippen molar-refractivity contribution in [3.63, 3.8) is 0 Å². The lowest BCUT2D eigenvalue weighted by atomic mass is 10.2. The Morgan fingerprint density at radius 1 is 1.12 bits per heavy atom. The highest BCUT2D eigenvalue weighted by molar-refractivity contribution is 4.39. The van der Waals surface area contributed by atoms with E-state index in [2.05, 4.69) is 4.84 Å². The molecule has 0 saturated heterocycles. The normalized spacial score (nSPS) is 9.75. The molecule has 0 aliphatic rings. The fraction of sp³-hybridized carbons (Fsp3) is 1.00. The van der Waals surface area contributed by atoms with Crippen molar-refractivity contribution in [1.29, 1.82) is 0 Å². The van der Waals surface area contributed by atoms with Gasteiger partial charge in [0.15, 0.2) is 0 Å². The van der Waals surface area contributed by atoms with Gasteiger partial charge in [0.05, 0.1) is 6.61 Å². The number of unbranched alkanes of at least 4 members (excludes halogenated alkanes) is 2. The third-order valence-electron chi connectivity index (χ3n) is 0.966. The van der Waals surface area contributed by atoms with Crippen molar-refractivity contribution in [3.05, 3.63) is 0 Å². The van der Waals surface area contributed by atoms with Crippen LogP contribution in [0.2, 0.25) is 0 Å². The molecule has 3 nitrogen and oxygen atoms in total. The number of hydrogen-bond acceptors (Lipinski definition) is 3. The highest BCUT2D eigenvalue weighted by Gasteiger charge is 1.83. The second-order valence-electron chi connectivity index (χ2n) is 1.72. The van der Waals surface area contributed by atoms with Crippen LogP contribution in [0.4, 0.5) is 0 Å². The van der Waals surface area contributed by atoms with Crippen LogP contribution in [0.5, 0.6) is 0 Å². The van der Waals surface area contributed by atoms with Crippen molar-refractivity contribution in [1.82, 2.24) is 0 Å². The molecule has 8 heavy (non-hydrogen) atoms. The van der Waals surface area contributed by atoms with Crippen molar-refractivity contribution in [2.75, 3.05) is 13.2 Å². The zero-order chi connectivity index (χ0) is 6.24. The van der Waals surface area contributed by atoms with Crippen LogP contribution in [-0.2, 0) is 4.84 Å². The molecule has 50 valence electrons. The van der Waals surface area contributed by atoms with E-state index < -0.39 is 0 Å². The van der Waals surface area contributed by atoms with Crippen LogP contribution in [0.15, 0.2) is 0 Å². The molecule has 0 spiro atoms. The molecule has 0 aliphatic carbocycles. The first kappa shape index (κ1) is 7.88. The SMILES string of the molecule is NCCCCCON. The summed E-state index contributed by atoms with van der Waals surface area (Å²) in [4.78, 5) is 4.35. The lowest BCUT2D eigenvalue weighted by Gasteiger charge is -1.94. The smallest absolute Gasteiger partial charge is 0.0679 e. The molecule has 0 rings (SSSR count). The van der Waals surface area contributed by atoms with Gasteiger partial charge in [-0.25, -0.2) is 5.90 Å². The van der Waals surface area contributed by atoms with Crippen LogP contribution >= 0.6 is 0 Å². The molecule has 0 fully saturated rings. The van der Waals surface area contributed by atoms with E-state index in [9.17, 15) is 0 Å². The Bertz CT molecular complexity index is 35.4. The number of nitrogens with two attached hydrogens (primary N) is 2. The number of rotatable bonds is 5. The van der Waals surface area contributed by atoms with Gasteiger partial charge in [-0.05, 0) is 25.8 Å². The molecule has 0 heterocycles. The van der Waals surface area contributed by atoms with Crippen LogP contribution in [0.1, 0.15) is 19.3 Å². The predicted octanol–water partition coefficient (Wildman–Crippen LogP) is 0.00570. The van der Waals surface area contributed by atoms with Crippen LogP contribution in [0, 0.1) is 0 Å². The van der Waals surface area contributed by atoms with E-state index in [1.54, 1.807) is 0 Å². The second-order valence-corrected chi connectivity index (χ2v) is 1.72. The highest BCUT2D eigenvalue weighted by Crippen LogP contribution is 1.91. The summed E-state index contributed by atoms with van der Waals surface area (Å²) in [7, 11) is 0. The molecule has 0 saturated carbocycles. The quantitative estimate of drug-likeness (QED) is 0.395. The zero-order valence-electron chi connectivity index (χ0n) is 5.10. The van der Waals surface area contributed by atoms with Crippen LogP contribution in [-0.4, -0.2) is 13.2 Å². The molecule has 0 atom stereocenters. The van der Waals surface area contributed by atoms with Crippen molar-refractivity contribution < 1.29 is 4.84 Å². The Hall–Kier alpha value is -0.120. The van der Waals surface area contributed by atoms with Crippen LogP contribution in [0.3, 0.4) is 0 Å². The van der Waals surface area contributed by atoms with E-state index in [-0.39, 0.29) is 0 Å². The van der Waals surface area contributed by atoms with Gasteiger partial charge in [-0.3, -0.25) is 0 Å². The molecule has 3 heteroatoms. The van der Waals surface area contributed by atoms with Gasteiger partial charge in [0.1, 0.15) is 0 Å². The molecule has 0 amide bonds. The van der Waals surface area contributed by atoms with Gasteiger partial charge in [0, 0.05) is 0 Å². The van der Waals surface area contributed by atoms with Crippen LogP contribution < -0.4 is 11.6 Å². The summed E-state index contributed by atoms with van der Waals surface area (Å²) in [5.41, 5.74) is 5.24. The van der Waals surface area contributed by atoms with Gasteiger partial charge >= 0.3 is 0 Å². The summed E-state index contributed by atoms with van der Waals surface area (Å²) in [6, 6.07) is 0. The Morgan fingerprint density at radius 3 is 2.38 bits per heavy atom. The molecule has 0 aromatic carbocycles. The average molecular weight is 118 g/mol. The largest absolute Gasteiger partial charge is 0.330 e. The topological polar surface area (TPSA) is 61.3 Å². The molecule has 0 aromatic rings. The summed E-state index contributed by atoms with van der Waals surface area (Å²) in [5, 5.41) is 0. The lowest BCUT2D eigenvalue weighted by molar-refractivity contribution is 0.133. The Kier molecular flexibility index (Phi) is 6.78. The molecule has 0 unspecified atom stereocenters. The fourth-order valence-corrected chi connectivity index (χ4v) is 0.507. The first-order valence-corrected chi connectivity index (χ1v) is 2.93. The van der Waals surface area contributed by atoms with E-state index in [0.717, 1.165) is 25.8 Å². The minimum atomic E-state index is 0.653. The van der Waals surface area contributed by atoms with Gasteiger partial charge in [-0.2, -0.15) is 0 Å². The maximum atomic E-state index is 5.24. The van der Waals surface area contributed by atoms with E-state index >= 15 is 0 Å². The van der Waals surface area contributed by atoms with E-state index in [4.69, 9.17) is 11.6 Å². The molecule has 4 N–H and O–H groups in total. The Labute approximate surface area is 49.9 Å². The van der Waals surface area contributed by atoms with E-state index in [0.29, 0.717) is 6.61 Å². The molecular formula is C5H14N2O. The number of hydrogen-bond donors (Lipinski definition) is 2. The van der Waals surface area contributed by atoms with Gasteiger partial charge in [-0.1, -0.05) is 0 Å². The highest BCUT2D eigenvalue weighted by atomic mass is 16.6. The van der Waals surface area contributed by atoms with Crippen molar-refractivity contribution >= 4 is 0 Å². The zero-order valence-corrected chi connectivity index (χ0v) is 5.10. The van der Waals surface area contributed by atoms with Gasteiger partial charge in [-0.15, -0.1) is 0 Å². The summed E-state index contributed by atoms with van der Waals surface area (Å²) >= 11 is 0. The average Bonchev–Trinajstić information content (AvgIpc) is 1.81. The van der Waals surface area contributed by atoms with Gasteiger partial charge in [0.2, 0.25) is 0 Å². The molecule has 0 bridgehead atoms. The van der Waals surface area contributed by atoms with Gasteiger partial charge in [0.25, 0.3) is 0 Å². The third kappa shape index (κ3) is 5.88. The predicted molar refractivity (Wildman–Crippen MR) is 33.0 cm³/mol. The summed E-state index contributed by atoms with van der Waals surface area (Å²) in [6.07, 6.45) is 3.21. The summed E-state index contributed by atoms with van der Waals surface area (Å²) in [5.74, 6) is 4.78. The van der Waals surface area contributed by atoms with E-state index in [1.807, 2.05) is 0 Å². The first-order valence-electron chi connectivity index (χ1n) is 2.93. The standard InChI is InChI=1S/C5H14N2O/c6-4-2-1-3-5-8-7/h1-7H2. The Balaban J connectivity index is 2.53. The molecular weight excluding hydrogens is 104 g/mol. The fourth-order valence-electron chi connectivity index (χ4n) is 0.507. The molecule has 0 aliphatic heterocycles. The molecule has 0 radical (unpaired) electrons. The molecule has 0 aromatic heterocycles. The Morgan fingerprint density at radius 2 is 1.88 bits per heavy atom. The maximum absolute atomic E-state index is 5.24. The van der Waals surface area contributed by atoms with Crippen LogP contribution in [0.25, 0.3) is 0 Å². The second kappa shape index (κ2) is 6.88. The monoisotopic (exact) mass is 118 g/mol. The summed E-state index contributed by atoms with van der Waals surface area (Å²) < 4.78 is 0. The van der Waals surface area contributed by atoms with Crippen molar-refractivity contribution in [3.8, 4) is 0 Å². The summed E-state index contributed by atoms with van der Waals surface area (Å²) in [6.45, 7) is 1.42. The maximum Gasteiger partial charge on any atom is 0.0679 e.